The predicted octanol–water partition coefficient (Wildman–Crippen LogP) is 4.12. The molecule has 0 spiro atoms. The lowest BCUT2D eigenvalue weighted by Gasteiger charge is -2.20. The maximum atomic E-state index is 13.2. The molecule has 1 fully saturated rings. The first-order chi connectivity index (χ1) is 13.4. The van der Waals surface area contributed by atoms with Crippen LogP contribution >= 0.6 is 11.3 Å². The van der Waals surface area contributed by atoms with Gasteiger partial charge < -0.3 is 9.52 Å². The molecule has 1 unspecified atom stereocenters. The number of aliphatic hydroxyl groups is 1. The Morgan fingerprint density at radius 1 is 1.21 bits per heavy atom. The molecule has 0 aliphatic carbocycles. The summed E-state index contributed by atoms with van der Waals surface area (Å²) in [5, 5.41) is 11.1. The van der Waals surface area contributed by atoms with Gasteiger partial charge in [0, 0.05) is 10.4 Å². The number of thiazole rings is 1. The number of rotatable bonds is 3. The predicted molar refractivity (Wildman–Crippen MR) is 101 cm³/mol. The van der Waals surface area contributed by atoms with Crippen LogP contribution in [0, 0.1) is 19.7 Å². The molecule has 1 aliphatic heterocycles. The molecule has 3 aromatic rings. The van der Waals surface area contributed by atoms with Crippen molar-refractivity contribution in [3.8, 4) is 0 Å². The van der Waals surface area contributed by atoms with E-state index in [4.69, 9.17) is 4.42 Å². The van der Waals surface area contributed by atoms with E-state index < -0.39 is 29.3 Å². The van der Waals surface area contributed by atoms with Crippen molar-refractivity contribution in [3.05, 3.63) is 75.9 Å². The van der Waals surface area contributed by atoms with E-state index in [0.717, 1.165) is 10.6 Å². The summed E-state index contributed by atoms with van der Waals surface area (Å²) in [6.45, 7) is 3.68. The van der Waals surface area contributed by atoms with Gasteiger partial charge in [0.25, 0.3) is 5.78 Å². The fourth-order valence-corrected chi connectivity index (χ4v) is 4.00. The molecule has 142 valence electrons. The number of aryl methyl sites for hydroxylation is 2. The van der Waals surface area contributed by atoms with E-state index in [2.05, 4.69) is 4.98 Å². The molecule has 1 atom stereocenters. The van der Waals surface area contributed by atoms with Crippen LogP contribution in [0.15, 0.2) is 52.7 Å². The molecule has 1 N–H and O–H groups in total. The van der Waals surface area contributed by atoms with E-state index in [1.54, 1.807) is 12.1 Å². The number of aromatic nitrogens is 1. The summed E-state index contributed by atoms with van der Waals surface area (Å²) in [6, 6.07) is 7.30. The normalized spacial score (nSPS) is 18.8. The quantitative estimate of drug-likeness (QED) is 0.408. The van der Waals surface area contributed by atoms with Gasteiger partial charge in [-0.15, -0.1) is 11.3 Å². The SMILES string of the molecule is Cc1nc(N2C(=O)C(=O)/C(=C(/O)c3ccc(F)cc3)C2c2ccco2)sc1C. The standard InChI is InChI=1S/C20H15FN2O4S/c1-10-11(2)28-20(22-10)23-16(14-4-3-9-27-14)15(18(25)19(23)26)17(24)12-5-7-13(21)8-6-12/h3-9,16,24H,1-2H3/b17-15+. The molecule has 3 heterocycles. The second-order valence-corrected chi connectivity index (χ2v) is 7.51. The molecular formula is C20H15FN2O4S. The molecule has 4 rings (SSSR count). The fraction of sp³-hybridized carbons (Fsp3) is 0.150. The van der Waals surface area contributed by atoms with Crippen molar-refractivity contribution in [2.45, 2.75) is 19.9 Å². The van der Waals surface area contributed by atoms with Gasteiger partial charge in [0.15, 0.2) is 5.13 Å². The van der Waals surface area contributed by atoms with Crippen LogP contribution < -0.4 is 4.90 Å². The number of hydrogen-bond donors (Lipinski definition) is 1. The number of aliphatic hydroxyl groups excluding tert-OH is 1. The monoisotopic (exact) mass is 398 g/mol. The zero-order chi connectivity index (χ0) is 20.0. The molecule has 2 aromatic heterocycles. The average molecular weight is 398 g/mol. The Labute approximate surface area is 163 Å². The van der Waals surface area contributed by atoms with Gasteiger partial charge in [-0.2, -0.15) is 0 Å². The second kappa shape index (κ2) is 6.72. The van der Waals surface area contributed by atoms with Crippen molar-refractivity contribution in [2.24, 2.45) is 0 Å². The van der Waals surface area contributed by atoms with Crippen LogP contribution in [0.4, 0.5) is 9.52 Å². The Bertz CT molecular complexity index is 1080. The molecule has 6 nitrogen and oxygen atoms in total. The molecule has 8 heteroatoms. The van der Waals surface area contributed by atoms with Gasteiger partial charge in [0.05, 0.1) is 17.5 Å². The van der Waals surface area contributed by atoms with Gasteiger partial charge >= 0.3 is 5.91 Å². The van der Waals surface area contributed by atoms with E-state index in [1.807, 2.05) is 13.8 Å². The molecule has 1 amide bonds. The smallest absolute Gasteiger partial charge is 0.302 e. The number of hydrogen-bond acceptors (Lipinski definition) is 6. The van der Waals surface area contributed by atoms with Gasteiger partial charge in [-0.25, -0.2) is 9.37 Å². The van der Waals surface area contributed by atoms with Crippen molar-refractivity contribution in [3.63, 3.8) is 0 Å². The molecular weight excluding hydrogens is 383 g/mol. The minimum atomic E-state index is -0.968. The molecule has 0 radical (unpaired) electrons. The maximum absolute atomic E-state index is 13.2. The summed E-state index contributed by atoms with van der Waals surface area (Å²) in [5.41, 5.74) is 0.846. The first-order valence-electron chi connectivity index (χ1n) is 8.43. The summed E-state index contributed by atoms with van der Waals surface area (Å²) >= 11 is 1.28. The lowest BCUT2D eigenvalue weighted by Crippen LogP contribution is -2.29. The number of Topliss-reactive ketones (excluding diaryl/α,β-unsaturated/α-hetero) is 1. The van der Waals surface area contributed by atoms with Crippen LogP contribution in [-0.4, -0.2) is 21.8 Å². The molecule has 28 heavy (non-hydrogen) atoms. The Morgan fingerprint density at radius 3 is 2.50 bits per heavy atom. The number of amides is 1. The van der Waals surface area contributed by atoms with Crippen molar-refractivity contribution in [1.82, 2.24) is 4.98 Å². The summed E-state index contributed by atoms with van der Waals surface area (Å²) in [4.78, 5) is 32.2. The Balaban J connectivity index is 1.92. The largest absolute Gasteiger partial charge is 0.507 e. The van der Waals surface area contributed by atoms with Gasteiger partial charge in [-0.3, -0.25) is 14.5 Å². The molecule has 1 aromatic carbocycles. The number of nitrogens with zero attached hydrogens (tertiary/aromatic N) is 2. The van der Waals surface area contributed by atoms with Crippen molar-refractivity contribution in [2.75, 3.05) is 4.90 Å². The highest BCUT2D eigenvalue weighted by atomic mass is 32.1. The number of benzene rings is 1. The topological polar surface area (TPSA) is 83.6 Å². The maximum Gasteiger partial charge on any atom is 0.302 e. The molecule has 1 aliphatic rings. The number of halogens is 1. The lowest BCUT2D eigenvalue weighted by molar-refractivity contribution is -0.132. The van der Waals surface area contributed by atoms with E-state index in [-0.39, 0.29) is 11.1 Å². The lowest BCUT2D eigenvalue weighted by atomic mass is 9.99. The highest BCUT2D eigenvalue weighted by Crippen LogP contribution is 2.43. The summed E-state index contributed by atoms with van der Waals surface area (Å²) in [6.07, 6.45) is 1.42. The first kappa shape index (κ1) is 18.1. The first-order valence-corrected chi connectivity index (χ1v) is 9.24. The highest BCUT2D eigenvalue weighted by Gasteiger charge is 2.49. The highest BCUT2D eigenvalue weighted by molar-refractivity contribution is 7.16. The second-order valence-electron chi connectivity index (χ2n) is 6.33. The number of furan rings is 1. The van der Waals surface area contributed by atoms with Crippen molar-refractivity contribution >= 4 is 33.9 Å². The number of ketones is 1. The Hall–Kier alpha value is -3.26. The molecule has 0 bridgehead atoms. The van der Waals surface area contributed by atoms with Crippen LogP contribution in [0.3, 0.4) is 0 Å². The van der Waals surface area contributed by atoms with Crippen LogP contribution in [0.1, 0.15) is 27.9 Å². The molecule has 1 saturated heterocycles. The van der Waals surface area contributed by atoms with Crippen LogP contribution in [0.5, 0.6) is 0 Å². The van der Waals surface area contributed by atoms with E-state index >= 15 is 0 Å². The average Bonchev–Trinajstić information content (AvgIpc) is 3.36. The zero-order valence-electron chi connectivity index (χ0n) is 15.0. The third kappa shape index (κ3) is 2.82. The van der Waals surface area contributed by atoms with Crippen LogP contribution in [0.2, 0.25) is 0 Å². The van der Waals surface area contributed by atoms with Crippen LogP contribution in [0.25, 0.3) is 5.76 Å². The van der Waals surface area contributed by atoms with E-state index in [9.17, 15) is 19.1 Å². The van der Waals surface area contributed by atoms with E-state index in [0.29, 0.717) is 10.9 Å². The molecule has 0 saturated carbocycles. The third-order valence-electron chi connectivity index (χ3n) is 4.60. The zero-order valence-corrected chi connectivity index (χ0v) is 15.8. The fourth-order valence-electron chi connectivity index (χ4n) is 3.07. The number of carbonyl (C=O) groups excluding carboxylic acids is 2. The van der Waals surface area contributed by atoms with Crippen LogP contribution in [-0.2, 0) is 9.59 Å². The third-order valence-corrected chi connectivity index (χ3v) is 5.67. The van der Waals surface area contributed by atoms with Gasteiger partial charge in [0.2, 0.25) is 0 Å². The minimum absolute atomic E-state index is 0.128. The van der Waals surface area contributed by atoms with Gasteiger partial charge in [-0.05, 0) is 50.2 Å². The number of anilines is 1. The Morgan fingerprint density at radius 2 is 1.93 bits per heavy atom. The van der Waals surface area contributed by atoms with E-state index in [1.165, 1.54) is 46.8 Å². The van der Waals surface area contributed by atoms with Gasteiger partial charge in [0.1, 0.15) is 23.4 Å². The minimum Gasteiger partial charge on any atom is -0.507 e. The summed E-state index contributed by atoms with van der Waals surface area (Å²) in [7, 11) is 0. The summed E-state index contributed by atoms with van der Waals surface area (Å²) in [5.74, 6) is -2.22. The van der Waals surface area contributed by atoms with Gasteiger partial charge in [-0.1, -0.05) is 0 Å². The Kier molecular flexibility index (Phi) is 4.35. The number of carbonyl (C=O) groups is 2. The van der Waals surface area contributed by atoms with Crippen molar-refractivity contribution in [1.29, 1.82) is 0 Å². The van der Waals surface area contributed by atoms with Crippen molar-refractivity contribution < 1.29 is 23.5 Å². The summed E-state index contributed by atoms with van der Waals surface area (Å²) < 4.78 is 18.7.